The fourth-order valence-corrected chi connectivity index (χ4v) is 2.99. The zero-order chi connectivity index (χ0) is 11.1. The van der Waals surface area contributed by atoms with Crippen LogP contribution in [0.15, 0.2) is 4.79 Å². The monoisotopic (exact) mass is 218 g/mol. The molecule has 3 rings (SSSR count). The van der Waals surface area contributed by atoms with E-state index >= 15 is 0 Å². The molecule has 2 heterocycles. The van der Waals surface area contributed by atoms with Gasteiger partial charge >= 0.3 is 0 Å². The molecule has 0 radical (unpaired) electrons. The molecule has 1 aliphatic heterocycles. The molecule has 0 spiro atoms. The second-order valence-electron chi connectivity index (χ2n) is 5.10. The highest BCUT2D eigenvalue weighted by Gasteiger charge is 2.24. The number of fused-ring (bicyclic) bond motifs is 2. The van der Waals surface area contributed by atoms with Crippen molar-refractivity contribution < 1.29 is 0 Å². The predicted octanol–water partition coefficient (Wildman–Crippen LogP) is 2.02. The molecule has 0 saturated heterocycles. The number of hydrogen-bond acceptors (Lipinski definition) is 2. The van der Waals surface area contributed by atoms with Gasteiger partial charge in [-0.2, -0.15) is 0 Å². The first-order valence-corrected chi connectivity index (χ1v) is 6.40. The van der Waals surface area contributed by atoms with Gasteiger partial charge in [0.05, 0.1) is 5.69 Å². The molecule has 1 atom stereocenters. The van der Waals surface area contributed by atoms with Crippen molar-refractivity contribution in [2.45, 2.75) is 57.9 Å². The fourth-order valence-electron chi connectivity index (χ4n) is 2.99. The van der Waals surface area contributed by atoms with Crippen molar-refractivity contribution >= 4 is 0 Å². The van der Waals surface area contributed by atoms with E-state index in [2.05, 4.69) is 6.92 Å². The number of aromatic nitrogens is 2. The second kappa shape index (κ2) is 3.72. The molecule has 0 aromatic carbocycles. The quantitative estimate of drug-likeness (QED) is 0.667. The molecular formula is C13H18N2O. The number of hydrogen-bond donors (Lipinski definition) is 0. The molecule has 3 nitrogen and oxygen atoms in total. The highest BCUT2D eigenvalue weighted by atomic mass is 16.1. The van der Waals surface area contributed by atoms with Crippen molar-refractivity contribution in [1.29, 1.82) is 0 Å². The van der Waals surface area contributed by atoms with E-state index in [1.165, 1.54) is 12.8 Å². The van der Waals surface area contributed by atoms with E-state index < -0.39 is 0 Å². The van der Waals surface area contributed by atoms with Crippen molar-refractivity contribution in [3.8, 4) is 0 Å². The first-order valence-electron chi connectivity index (χ1n) is 6.40. The van der Waals surface area contributed by atoms with Crippen molar-refractivity contribution in [2.24, 2.45) is 0 Å². The van der Waals surface area contributed by atoms with E-state index in [1.54, 1.807) is 0 Å². The molecule has 2 aliphatic rings. The molecule has 16 heavy (non-hydrogen) atoms. The van der Waals surface area contributed by atoms with Gasteiger partial charge < -0.3 is 0 Å². The van der Waals surface area contributed by atoms with Gasteiger partial charge in [0, 0.05) is 18.0 Å². The fraction of sp³-hybridized carbons (Fsp3) is 0.692. The first kappa shape index (κ1) is 10.1. The number of aryl methyl sites for hydroxylation is 1. The summed E-state index contributed by atoms with van der Waals surface area (Å²) in [6.07, 6.45) is 6.58. The zero-order valence-electron chi connectivity index (χ0n) is 9.83. The molecular weight excluding hydrogens is 200 g/mol. The Morgan fingerprint density at radius 1 is 1.25 bits per heavy atom. The Balaban J connectivity index is 2.22. The molecule has 0 amide bonds. The van der Waals surface area contributed by atoms with Crippen LogP contribution in [0, 0.1) is 0 Å². The standard InChI is InChI=1S/C13H18N2O/c1-9-5-4-8-15-12(9)14-11-7-3-2-6-10(11)13(15)16/h9H,2-8H2,1H3. The second-order valence-corrected chi connectivity index (χ2v) is 5.10. The minimum Gasteiger partial charge on any atom is -0.296 e. The Bertz CT molecular complexity index is 476. The van der Waals surface area contributed by atoms with Crippen LogP contribution < -0.4 is 5.56 Å². The summed E-state index contributed by atoms with van der Waals surface area (Å²) in [5, 5.41) is 0. The normalized spacial score (nSPS) is 23.7. The molecule has 1 aliphatic carbocycles. The molecule has 86 valence electrons. The molecule has 0 fully saturated rings. The first-order chi connectivity index (χ1) is 7.77. The van der Waals surface area contributed by atoms with Crippen molar-refractivity contribution in [1.82, 2.24) is 9.55 Å². The van der Waals surface area contributed by atoms with E-state index in [0.717, 1.165) is 49.3 Å². The predicted molar refractivity (Wildman–Crippen MR) is 62.8 cm³/mol. The van der Waals surface area contributed by atoms with Gasteiger partial charge in [-0.15, -0.1) is 0 Å². The average molecular weight is 218 g/mol. The third-order valence-corrected chi connectivity index (χ3v) is 3.93. The van der Waals surface area contributed by atoms with Crippen LogP contribution >= 0.6 is 0 Å². The van der Waals surface area contributed by atoms with Gasteiger partial charge in [0.2, 0.25) is 0 Å². The summed E-state index contributed by atoms with van der Waals surface area (Å²) in [5.41, 5.74) is 2.35. The number of nitrogens with zero attached hydrogens (tertiary/aromatic N) is 2. The Hall–Kier alpha value is -1.12. The maximum atomic E-state index is 12.3. The SMILES string of the molecule is CC1CCCn2c1nc1c(c2=O)CCCC1. The van der Waals surface area contributed by atoms with Gasteiger partial charge in [-0.3, -0.25) is 9.36 Å². The molecule has 0 bridgehead atoms. The van der Waals surface area contributed by atoms with Crippen LogP contribution in [0.25, 0.3) is 0 Å². The van der Waals surface area contributed by atoms with Gasteiger partial charge in [-0.25, -0.2) is 4.98 Å². The van der Waals surface area contributed by atoms with Crippen LogP contribution in [0.5, 0.6) is 0 Å². The van der Waals surface area contributed by atoms with Crippen LogP contribution in [0.3, 0.4) is 0 Å². The highest BCUT2D eigenvalue weighted by Crippen LogP contribution is 2.26. The van der Waals surface area contributed by atoms with Crippen LogP contribution in [0.4, 0.5) is 0 Å². The minimum atomic E-state index is 0.256. The van der Waals surface area contributed by atoms with E-state index in [9.17, 15) is 4.79 Å². The summed E-state index contributed by atoms with van der Waals surface area (Å²) >= 11 is 0. The number of rotatable bonds is 0. The van der Waals surface area contributed by atoms with Gasteiger partial charge in [-0.05, 0) is 38.5 Å². The largest absolute Gasteiger partial charge is 0.296 e. The van der Waals surface area contributed by atoms with E-state index in [0.29, 0.717) is 5.92 Å². The third kappa shape index (κ3) is 1.41. The Labute approximate surface area is 95.5 Å². The Morgan fingerprint density at radius 2 is 2.06 bits per heavy atom. The van der Waals surface area contributed by atoms with Gasteiger partial charge in [0.15, 0.2) is 0 Å². The molecule has 3 heteroatoms. The van der Waals surface area contributed by atoms with E-state index in [4.69, 9.17) is 4.98 Å². The van der Waals surface area contributed by atoms with Gasteiger partial charge in [0.1, 0.15) is 5.82 Å². The lowest BCUT2D eigenvalue weighted by Gasteiger charge is -2.26. The molecule has 0 N–H and O–H groups in total. The lowest BCUT2D eigenvalue weighted by molar-refractivity contribution is 0.432. The maximum absolute atomic E-state index is 12.3. The summed E-state index contributed by atoms with van der Waals surface area (Å²) in [6.45, 7) is 3.06. The Morgan fingerprint density at radius 3 is 2.94 bits per heavy atom. The average Bonchev–Trinajstić information content (AvgIpc) is 2.31. The molecule has 1 aromatic rings. The topological polar surface area (TPSA) is 34.9 Å². The highest BCUT2D eigenvalue weighted by molar-refractivity contribution is 5.23. The molecule has 0 saturated carbocycles. The van der Waals surface area contributed by atoms with Crippen LogP contribution in [-0.4, -0.2) is 9.55 Å². The van der Waals surface area contributed by atoms with Crippen molar-refractivity contribution in [3.63, 3.8) is 0 Å². The molecule has 1 unspecified atom stereocenters. The van der Waals surface area contributed by atoms with Crippen LogP contribution in [0.2, 0.25) is 0 Å². The van der Waals surface area contributed by atoms with E-state index in [-0.39, 0.29) is 5.56 Å². The molecule has 1 aromatic heterocycles. The lowest BCUT2D eigenvalue weighted by Crippen LogP contribution is -2.34. The third-order valence-electron chi connectivity index (χ3n) is 3.93. The summed E-state index contributed by atoms with van der Waals surface area (Å²) < 4.78 is 1.93. The van der Waals surface area contributed by atoms with Gasteiger partial charge in [-0.1, -0.05) is 6.92 Å². The smallest absolute Gasteiger partial charge is 0.256 e. The maximum Gasteiger partial charge on any atom is 0.256 e. The zero-order valence-corrected chi connectivity index (χ0v) is 9.83. The van der Waals surface area contributed by atoms with Crippen molar-refractivity contribution in [2.75, 3.05) is 0 Å². The van der Waals surface area contributed by atoms with E-state index in [1.807, 2.05) is 4.57 Å². The Kier molecular flexibility index (Phi) is 2.34. The summed E-state index contributed by atoms with van der Waals surface area (Å²) in [4.78, 5) is 17.1. The summed E-state index contributed by atoms with van der Waals surface area (Å²) in [6, 6.07) is 0. The summed E-state index contributed by atoms with van der Waals surface area (Å²) in [5.74, 6) is 1.49. The van der Waals surface area contributed by atoms with Crippen molar-refractivity contribution in [3.05, 3.63) is 27.4 Å². The van der Waals surface area contributed by atoms with Gasteiger partial charge in [0.25, 0.3) is 5.56 Å². The van der Waals surface area contributed by atoms with Crippen LogP contribution in [-0.2, 0) is 19.4 Å². The minimum absolute atomic E-state index is 0.256. The summed E-state index contributed by atoms with van der Waals surface area (Å²) in [7, 11) is 0. The lowest BCUT2D eigenvalue weighted by atomic mass is 9.94. The van der Waals surface area contributed by atoms with Crippen LogP contribution in [0.1, 0.15) is 55.6 Å².